The van der Waals surface area contributed by atoms with Crippen molar-refractivity contribution in [1.29, 1.82) is 0 Å². The highest BCUT2D eigenvalue weighted by Crippen LogP contribution is 2.42. The van der Waals surface area contributed by atoms with Crippen molar-refractivity contribution >= 4 is 34.8 Å². The zero-order valence-corrected chi connectivity index (χ0v) is 29.3. The lowest BCUT2D eigenvalue weighted by Gasteiger charge is -2.51. The first kappa shape index (κ1) is 33.7. The third-order valence-electron chi connectivity index (χ3n) is 10.1. The Morgan fingerprint density at radius 1 is 1.02 bits per heavy atom. The second-order valence-electron chi connectivity index (χ2n) is 14.8. The molecule has 2 bridgehead atoms. The second kappa shape index (κ2) is 13.0. The Hall–Kier alpha value is -4.15. The molecule has 48 heavy (non-hydrogen) atoms. The minimum atomic E-state index is -0.631. The first-order valence-corrected chi connectivity index (χ1v) is 17.4. The Bertz CT molecular complexity index is 1700. The number of pyridine rings is 1. The van der Waals surface area contributed by atoms with Gasteiger partial charge < -0.3 is 23.8 Å². The molecule has 1 aliphatic carbocycles. The quantitative estimate of drug-likeness (QED) is 0.309. The van der Waals surface area contributed by atoms with Gasteiger partial charge in [0.25, 0.3) is 0 Å². The molecule has 2 aromatic heterocycles. The molecule has 3 saturated heterocycles. The lowest BCUT2D eigenvalue weighted by atomic mass is 9.74. The standard InChI is InChI=1S/C37H49FN6O4/c1-8-42(34(45)23(2)3)31-19-26(38)11-14-29(31)30-20-28(22-43-24(4)39-21-32(30)43)40-15-17-41(18-16-40)35(46)33-25-9-12-27(13-10-25)44(33)36(47)48-37(5,6)7/h11,14,19-23,25,27,33H,8-10,12-13,15-18H2,1-7H3/t25?,27?,33-/m1/s1. The minimum absolute atomic E-state index is 0.0157. The topological polar surface area (TPSA) is 90.7 Å². The second-order valence-corrected chi connectivity index (χ2v) is 14.8. The minimum Gasteiger partial charge on any atom is -0.444 e. The highest BCUT2D eigenvalue weighted by atomic mass is 19.1. The number of anilines is 2. The number of ether oxygens (including phenoxy) is 1. The molecule has 3 amide bonds. The molecule has 1 aromatic carbocycles. The molecule has 1 saturated carbocycles. The Balaban J connectivity index is 1.27. The summed E-state index contributed by atoms with van der Waals surface area (Å²) in [6, 6.07) is 6.26. The van der Waals surface area contributed by atoms with Gasteiger partial charge in [-0.2, -0.15) is 0 Å². The highest BCUT2D eigenvalue weighted by molar-refractivity contribution is 6.01. The van der Waals surface area contributed by atoms with Crippen LogP contribution in [-0.4, -0.2) is 87.5 Å². The normalized spacial score (nSPS) is 21.3. The number of benzene rings is 1. The number of rotatable bonds is 6. The number of aromatic nitrogens is 2. The molecule has 0 radical (unpaired) electrons. The number of hydrogen-bond donors (Lipinski definition) is 0. The monoisotopic (exact) mass is 660 g/mol. The number of halogens is 1. The van der Waals surface area contributed by atoms with Gasteiger partial charge in [0, 0.05) is 62.0 Å². The van der Waals surface area contributed by atoms with Gasteiger partial charge in [0.1, 0.15) is 23.3 Å². The third-order valence-corrected chi connectivity index (χ3v) is 10.1. The molecule has 7 rings (SSSR count). The molecule has 11 heteroatoms. The van der Waals surface area contributed by atoms with Gasteiger partial charge >= 0.3 is 6.09 Å². The van der Waals surface area contributed by atoms with Gasteiger partial charge in [-0.15, -0.1) is 0 Å². The van der Waals surface area contributed by atoms with Crippen molar-refractivity contribution in [2.45, 2.75) is 91.8 Å². The summed E-state index contributed by atoms with van der Waals surface area (Å²) in [7, 11) is 0. The number of carbonyl (C=O) groups is 3. The molecule has 0 unspecified atom stereocenters. The van der Waals surface area contributed by atoms with E-state index in [1.165, 1.54) is 12.1 Å². The van der Waals surface area contributed by atoms with Crippen molar-refractivity contribution in [1.82, 2.24) is 19.2 Å². The highest BCUT2D eigenvalue weighted by Gasteiger charge is 2.50. The molecule has 0 N–H and O–H groups in total. The van der Waals surface area contributed by atoms with Gasteiger partial charge in [0.05, 0.1) is 23.1 Å². The number of imidazole rings is 1. The van der Waals surface area contributed by atoms with Crippen LogP contribution in [0.3, 0.4) is 0 Å². The zero-order chi connectivity index (χ0) is 34.5. The van der Waals surface area contributed by atoms with Gasteiger partial charge in [0.2, 0.25) is 11.8 Å². The molecule has 5 heterocycles. The van der Waals surface area contributed by atoms with Crippen molar-refractivity contribution in [3.8, 4) is 11.1 Å². The third kappa shape index (κ3) is 6.35. The van der Waals surface area contributed by atoms with Crippen LogP contribution in [0.1, 0.15) is 73.1 Å². The van der Waals surface area contributed by atoms with Crippen LogP contribution in [0, 0.1) is 24.6 Å². The zero-order valence-electron chi connectivity index (χ0n) is 29.3. The van der Waals surface area contributed by atoms with Crippen LogP contribution in [0.25, 0.3) is 16.6 Å². The maximum atomic E-state index is 14.7. The summed E-state index contributed by atoms with van der Waals surface area (Å²) >= 11 is 0. The molecule has 10 nitrogen and oxygen atoms in total. The molecule has 258 valence electrons. The summed E-state index contributed by atoms with van der Waals surface area (Å²) in [6.45, 7) is 15.8. The van der Waals surface area contributed by atoms with Crippen LogP contribution in [0.5, 0.6) is 0 Å². The predicted octanol–water partition coefficient (Wildman–Crippen LogP) is 6.28. The molecule has 0 spiro atoms. The van der Waals surface area contributed by atoms with E-state index in [0.717, 1.165) is 53.8 Å². The summed E-state index contributed by atoms with van der Waals surface area (Å²) in [5, 5.41) is 0. The van der Waals surface area contributed by atoms with E-state index in [-0.39, 0.29) is 35.8 Å². The van der Waals surface area contributed by atoms with E-state index in [9.17, 15) is 18.8 Å². The smallest absolute Gasteiger partial charge is 0.411 e. The summed E-state index contributed by atoms with van der Waals surface area (Å²) in [6.07, 6.45) is 7.22. The maximum absolute atomic E-state index is 14.7. The Labute approximate surface area is 282 Å². The number of piperidine rings is 2. The molecular formula is C37H49FN6O4. The maximum Gasteiger partial charge on any atom is 0.411 e. The average Bonchev–Trinajstić information content (AvgIpc) is 3.44. The van der Waals surface area contributed by atoms with E-state index < -0.39 is 17.5 Å². The number of fused-ring (bicyclic) bond motifs is 4. The summed E-state index contributed by atoms with van der Waals surface area (Å²) in [4.78, 5) is 52.9. The summed E-state index contributed by atoms with van der Waals surface area (Å²) < 4.78 is 22.5. The number of amides is 3. The first-order valence-electron chi connectivity index (χ1n) is 17.4. The number of hydrogen-bond acceptors (Lipinski definition) is 6. The number of carbonyl (C=O) groups excluding carboxylic acids is 3. The fourth-order valence-corrected chi connectivity index (χ4v) is 7.73. The van der Waals surface area contributed by atoms with Crippen LogP contribution in [0.4, 0.5) is 20.6 Å². The van der Waals surface area contributed by atoms with Gasteiger partial charge in [-0.25, -0.2) is 14.2 Å². The van der Waals surface area contributed by atoms with Crippen molar-refractivity contribution < 1.29 is 23.5 Å². The predicted molar refractivity (Wildman–Crippen MR) is 185 cm³/mol. The van der Waals surface area contributed by atoms with Crippen LogP contribution in [0.2, 0.25) is 0 Å². The lowest BCUT2D eigenvalue weighted by molar-refractivity contribution is -0.146. The summed E-state index contributed by atoms with van der Waals surface area (Å²) in [5.74, 6) is 0.255. The number of aryl methyl sites for hydroxylation is 1. The average molecular weight is 661 g/mol. The van der Waals surface area contributed by atoms with Gasteiger partial charge in [-0.05, 0) is 90.5 Å². The van der Waals surface area contributed by atoms with Crippen LogP contribution in [0.15, 0.2) is 36.7 Å². The molecular weight excluding hydrogens is 611 g/mol. The van der Waals surface area contributed by atoms with E-state index in [0.29, 0.717) is 38.4 Å². The van der Waals surface area contributed by atoms with Crippen molar-refractivity contribution in [2.24, 2.45) is 11.8 Å². The Morgan fingerprint density at radius 2 is 1.71 bits per heavy atom. The van der Waals surface area contributed by atoms with Gasteiger partial charge in [-0.3, -0.25) is 14.5 Å². The Kier molecular flexibility index (Phi) is 9.17. The van der Waals surface area contributed by atoms with E-state index in [4.69, 9.17) is 4.74 Å². The molecule has 3 aliphatic heterocycles. The molecule has 4 aliphatic rings. The van der Waals surface area contributed by atoms with E-state index >= 15 is 0 Å². The van der Waals surface area contributed by atoms with Crippen LogP contribution < -0.4 is 9.80 Å². The van der Waals surface area contributed by atoms with Crippen molar-refractivity contribution in [3.63, 3.8) is 0 Å². The van der Waals surface area contributed by atoms with Crippen molar-refractivity contribution in [2.75, 3.05) is 42.5 Å². The largest absolute Gasteiger partial charge is 0.444 e. The SMILES string of the molecule is CCN(C(=O)C(C)C)c1cc(F)ccc1-c1cc(N2CCN(C(=O)[C@H]3C4CCC(CC4)N3C(=O)OC(C)(C)C)CC2)cn2c(C)ncc12. The van der Waals surface area contributed by atoms with Crippen molar-refractivity contribution in [3.05, 3.63) is 48.3 Å². The fourth-order valence-electron chi connectivity index (χ4n) is 7.73. The van der Waals surface area contributed by atoms with E-state index in [1.807, 2.05) is 64.0 Å². The fraction of sp³-hybridized carbons (Fsp3) is 0.568. The number of nitrogens with zero attached hydrogens (tertiary/aromatic N) is 6. The molecule has 1 atom stereocenters. The van der Waals surface area contributed by atoms with Crippen LogP contribution >= 0.6 is 0 Å². The van der Waals surface area contributed by atoms with E-state index in [1.54, 1.807) is 15.9 Å². The Morgan fingerprint density at radius 3 is 2.33 bits per heavy atom. The first-order chi connectivity index (χ1) is 22.8. The van der Waals surface area contributed by atoms with Gasteiger partial charge in [0.15, 0.2) is 0 Å². The summed E-state index contributed by atoms with van der Waals surface area (Å²) in [5.41, 5.74) is 3.31. The lowest BCUT2D eigenvalue weighted by Crippen LogP contribution is -2.65. The van der Waals surface area contributed by atoms with Gasteiger partial charge in [-0.1, -0.05) is 13.8 Å². The van der Waals surface area contributed by atoms with E-state index in [2.05, 4.69) is 22.1 Å². The molecule has 4 fully saturated rings. The molecule has 3 aromatic rings. The van der Waals surface area contributed by atoms with Crippen LogP contribution in [-0.2, 0) is 14.3 Å². The number of piperazine rings is 1.